The lowest BCUT2D eigenvalue weighted by Crippen LogP contribution is -3.06. The molecular formula is C11H16Cl2N3S+. The van der Waals surface area contributed by atoms with Crippen molar-refractivity contribution in [3.8, 4) is 0 Å². The van der Waals surface area contributed by atoms with E-state index >= 15 is 0 Å². The summed E-state index contributed by atoms with van der Waals surface area (Å²) in [5, 5.41) is 7.74. The molecule has 1 aromatic rings. The standard InChI is InChI=1S/C11H15Cl2N3S/c1-16(2)7-6-14-11(17)15-10-8(12)4-3-5-9(10)13/h3-5H,6-7H2,1-2H3,(H2,14,15,17)/p+1. The van der Waals surface area contributed by atoms with Crippen LogP contribution in [0, 0.1) is 0 Å². The van der Waals surface area contributed by atoms with E-state index in [4.69, 9.17) is 35.4 Å². The van der Waals surface area contributed by atoms with Crippen LogP contribution in [0.3, 0.4) is 0 Å². The molecule has 0 bridgehead atoms. The number of hydrogen-bond acceptors (Lipinski definition) is 1. The Morgan fingerprint density at radius 2 is 1.88 bits per heavy atom. The Labute approximate surface area is 117 Å². The lowest BCUT2D eigenvalue weighted by Gasteiger charge is -2.13. The van der Waals surface area contributed by atoms with Crippen molar-refractivity contribution in [1.29, 1.82) is 0 Å². The van der Waals surface area contributed by atoms with Crippen molar-refractivity contribution in [2.45, 2.75) is 0 Å². The van der Waals surface area contributed by atoms with Gasteiger partial charge in [-0.05, 0) is 24.4 Å². The van der Waals surface area contributed by atoms with Gasteiger partial charge in [-0.3, -0.25) is 0 Å². The van der Waals surface area contributed by atoms with Crippen molar-refractivity contribution < 1.29 is 4.90 Å². The molecule has 0 aromatic heterocycles. The van der Waals surface area contributed by atoms with Crippen molar-refractivity contribution in [2.75, 3.05) is 32.5 Å². The zero-order chi connectivity index (χ0) is 12.8. The van der Waals surface area contributed by atoms with Crippen LogP contribution in [-0.2, 0) is 0 Å². The van der Waals surface area contributed by atoms with E-state index in [9.17, 15) is 0 Å². The quantitative estimate of drug-likeness (QED) is 0.733. The lowest BCUT2D eigenvalue weighted by atomic mass is 10.3. The normalized spacial score (nSPS) is 10.4. The molecule has 0 atom stereocenters. The summed E-state index contributed by atoms with van der Waals surface area (Å²) < 4.78 is 0. The van der Waals surface area contributed by atoms with Crippen LogP contribution < -0.4 is 15.5 Å². The predicted octanol–water partition coefficient (Wildman–Crippen LogP) is 1.42. The Kier molecular flexibility index (Phi) is 5.98. The molecule has 0 unspecified atom stereocenters. The van der Waals surface area contributed by atoms with Crippen LogP contribution in [0.1, 0.15) is 0 Å². The Morgan fingerprint density at radius 1 is 1.29 bits per heavy atom. The van der Waals surface area contributed by atoms with Crippen molar-refractivity contribution in [3.05, 3.63) is 28.2 Å². The highest BCUT2D eigenvalue weighted by Gasteiger charge is 2.06. The molecule has 0 spiro atoms. The van der Waals surface area contributed by atoms with E-state index in [1.165, 1.54) is 4.90 Å². The highest BCUT2D eigenvalue weighted by atomic mass is 35.5. The van der Waals surface area contributed by atoms with Crippen LogP contribution >= 0.6 is 35.4 Å². The third kappa shape index (κ3) is 5.08. The molecule has 0 saturated carbocycles. The first-order valence-electron chi connectivity index (χ1n) is 5.28. The lowest BCUT2D eigenvalue weighted by molar-refractivity contribution is -0.856. The second kappa shape index (κ2) is 7.01. The van der Waals surface area contributed by atoms with Gasteiger partial charge >= 0.3 is 0 Å². The molecule has 0 fully saturated rings. The van der Waals surface area contributed by atoms with Crippen LogP contribution in [0.5, 0.6) is 0 Å². The fourth-order valence-electron chi connectivity index (χ4n) is 1.20. The monoisotopic (exact) mass is 292 g/mol. The molecule has 6 heteroatoms. The maximum absolute atomic E-state index is 6.02. The highest BCUT2D eigenvalue weighted by Crippen LogP contribution is 2.29. The Hall–Kier alpha value is -0.550. The first-order valence-corrected chi connectivity index (χ1v) is 6.45. The summed E-state index contributed by atoms with van der Waals surface area (Å²) in [6.07, 6.45) is 0. The Balaban J connectivity index is 2.51. The van der Waals surface area contributed by atoms with Gasteiger partial charge in [-0.1, -0.05) is 29.3 Å². The number of nitrogens with one attached hydrogen (secondary N) is 3. The van der Waals surface area contributed by atoms with Crippen LogP contribution in [0.2, 0.25) is 10.0 Å². The van der Waals surface area contributed by atoms with Crippen LogP contribution in [0.4, 0.5) is 5.69 Å². The molecule has 3 N–H and O–H groups in total. The summed E-state index contributed by atoms with van der Waals surface area (Å²) in [6.45, 7) is 1.79. The van der Waals surface area contributed by atoms with Crippen LogP contribution in [0.25, 0.3) is 0 Å². The summed E-state index contributed by atoms with van der Waals surface area (Å²) in [5.74, 6) is 0. The molecule has 0 radical (unpaired) electrons. The van der Waals surface area contributed by atoms with Gasteiger partial charge in [-0.25, -0.2) is 0 Å². The molecule has 1 aromatic carbocycles. The Morgan fingerprint density at radius 3 is 2.41 bits per heavy atom. The molecular weight excluding hydrogens is 277 g/mol. The first kappa shape index (κ1) is 14.5. The number of anilines is 1. The van der Waals surface area contributed by atoms with E-state index in [0.717, 1.165) is 13.1 Å². The smallest absolute Gasteiger partial charge is 0.171 e. The van der Waals surface area contributed by atoms with Crippen molar-refractivity contribution in [3.63, 3.8) is 0 Å². The molecule has 0 aliphatic heterocycles. The molecule has 17 heavy (non-hydrogen) atoms. The molecule has 0 aliphatic rings. The van der Waals surface area contributed by atoms with E-state index < -0.39 is 0 Å². The number of benzene rings is 1. The average molecular weight is 293 g/mol. The fourth-order valence-corrected chi connectivity index (χ4v) is 1.90. The van der Waals surface area contributed by atoms with Gasteiger partial charge in [0.2, 0.25) is 0 Å². The largest absolute Gasteiger partial charge is 0.357 e. The van der Waals surface area contributed by atoms with Crippen LogP contribution in [0.15, 0.2) is 18.2 Å². The van der Waals surface area contributed by atoms with Gasteiger partial charge in [0.05, 0.1) is 42.9 Å². The maximum atomic E-state index is 6.02. The minimum atomic E-state index is 0.529. The molecule has 1 rings (SSSR count). The van der Waals surface area contributed by atoms with Crippen molar-refractivity contribution in [1.82, 2.24) is 5.32 Å². The third-order valence-corrected chi connectivity index (χ3v) is 2.99. The molecule has 3 nitrogen and oxygen atoms in total. The number of para-hydroxylation sites is 1. The zero-order valence-corrected chi connectivity index (χ0v) is 12.1. The van der Waals surface area contributed by atoms with E-state index in [1.54, 1.807) is 18.2 Å². The van der Waals surface area contributed by atoms with E-state index in [0.29, 0.717) is 20.8 Å². The number of halogens is 2. The summed E-state index contributed by atoms with van der Waals surface area (Å²) >= 11 is 17.2. The van der Waals surface area contributed by atoms with E-state index in [-0.39, 0.29) is 0 Å². The average Bonchev–Trinajstić information content (AvgIpc) is 2.23. The maximum Gasteiger partial charge on any atom is 0.171 e. The minimum absolute atomic E-state index is 0.529. The number of quaternary nitrogens is 1. The number of likely N-dealkylation sites (N-methyl/N-ethyl adjacent to an activating group) is 1. The predicted molar refractivity (Wildman–Crippen MR) is 78.4 cm³/mol. The molecule has 0 heterocycles. The zero-order valence-electron chi connectivity index (χ0n) is 9.81. The number of thiocarbonyl (C=S) groups is 1. The molecule has 0 amide bonds. The fraction of sp³-hybridized carbons (Fsp3) is 0.364. The number of hydrogen-bond donors (Lipinski definition) is 3. The molecule has 0 saturated heterocycles. The second-order valence-corrected chi connectivity index (χ2v) is 5.16. The minimum Gasteiger partial charge on any atom is -0.357 e. The van der Waals surface area contributed by atoms with Gasteiger partial charge in [-0.2, -0.15) is 0 Å². The summed E-state index contributed by atoms with van der Waals surface area (Å²) in [5.41, 5.74) is 0.644. The highest BCUT2D eigenvalue weighted by molar-refractivity contribution is 7.80. The van der Waals surface area contributed by atoms with E-state index in [1.807, 2.05) is 0 Å². The van der Waals surface area contributed by atoms with Gasteiger partial charge in [0.25, 0.3) is 0 Å². The van der Waals surface area contributed by atoms with Crippen molar-refractivity contribution in [2.24, 2.45) is 0 Å². The third-order valence-electron chi connectivity index (χ3n) is 2.11. The summed E-state index contributed by atoms with van der Waals surface area (Å²) in [6, 6.07) is 5.33. The van der Waals surface area contributed by atoms with Gasteiger partial charge in [0.1, 0.15) is 0 Å². The topological polar surface area (TPSA) is 28.5 Å². The Bertz CT molecular complexity index is 376. The summed E-state index contributed by atoms with van der Waals surface area (Å²) in [7, 11) is 4.17. The van der Waals surface area contributed by atoms with Gasteiger partial charge in [0, 0.05) is 0 Å². The van der Waals surface area contributed by atoms with Gasteiger partial charge in [0.15, 0.2) is 5.11 Å². The first-order chi connectivity index (χ1) is 8.00. The van der Waals surface area contributed by atoms with Crippen molar-refractivity contribution >= 4 is 46.2 Å². The number of rotatable bonds is 4. The SMILES string of the molecule is C[NH+](C)CCNC(=S)Nc1c(Cl)cccc1Cl. The van der Waals surface area contributed by atoms with E-state index in [2.05, 4.69) is 24.7 Å². The van der Waals surface area contributed by atoms with Gasteiger partial charge < -0.3 is 15.5 Å². The second-order valence-electron chi connectivity index (χ2n) is 3.93. The van der Waals surface area contributed by atoms with Gasteiger partial charge in [-0.15, -0.1) is 0 Å². The molecule has 94 valence electrons. The summed E-state index contributed by atoms with van der Waals surface area (Å²) in [4.78, 5) is 1.36. The molecule has 0 aliphatic carbocycles. The van der Waals surface area contributed by atoms with Crippen LogP contribution in [-0.4, -0.2) is 32.3 Å².